The number of carbonyl (C=O) groups excluding carboxylic acids is 3. The van der Waals surface area contributed by atoms with Crippen molar-refractivity contribution in [3.63, 3.8) is 0 Å². The van der Waals surface area contributed by atoms with Gasteiger partial charge in [0, 0.05) is 5.56 Å². The van der Waals surface area contributed by atoms with Crippen LogP contribution in [0, 0.1) is 0 Å². The third-order valence-electron chi connectivity index (χ3n) is 5.15. The fourth-order valence-electron chi connectivity index (χ4n) is 3.35. The van der Waals surface area contributed by atoms with Gasteiger partial charge in [0.15, 0.2) is 5.75 Å². The molecule has 0 spiro atoms. The van der Waals surface area contributed by atoms with Gasteiger partial charge < -0.3 is 19.5 Å². The summed E-state index contributed by atoms with van der Waals surface area (Å²) in [6.07, 6.45) is 8.02. The van der Waals surface area contributed by atoms with Gasteiger partial charge in [-0.15, -0.1) is 0 Å². The van der Waals surface area contributed by atoms with Crippen LogP contribution >= 0.6 is 0 Å². The second-order valence-corrected chi connectivity index (χ2v) is 7.89. The standard InChI is InChI=1S/C28H35NO6/c1-4-7-8-9-10-13-21-16-18-22(19-17-21)27(31)29-23-14-11-12-15-24(23)35-25(28(32)34-6-3)20-26(30)33-5-2/h11-12,14-20H,4-10,13H2,1-3H3,(H,29,31)/b25-20-. The van der Waals surface area contributed by atoms with Gasteiger partial charge in [-0.05, 0) is 56.5 Å². The number of anilines is 1. The van der Waals surface area contributed by atoms with E-state index in [0.29, 0.717) is 11.3 Å². The zero-order chi connectivity index (χ0) is 25.5. The smallest absolute Gasteiger partial charge is 0.374 e. The number of hydrogen-bond donors (Lipinski definition) is 1. The molecule has 0 unspecified atom stereocenters. The van der Waals surface area contributed by atoms with Crippen LogP contribution in [0.25, 0.3) is 0 Å². The molecule has 0 fully saturated rings. The van der Waals surface area contributed by atoms with E-state index in [1.54, 1.807) is 50.2 Å². The number of ether oxygens (including phenoxy) is 3. The number of unbranched alkanes of at least 4 members (excludes halogenated alkanes) is 4. The summed E-state index contributed by atoms with van der Waals surface area (Å²) in [5, 5.41) is 2.81. The fourth-order valence-corrected chi connectivity index (χ4v) is 3.35. The van der Waals surface area contributed by atoms with Crippen molar-refractivity contribution < 1.29 is 28.6 Å². The van der Waals surface area contributed by atoms with E-state index in [0.717, 1.165) is 18.9 Å². The summed E-state index contributed by atoms with van der Waals surface area (Å²) in [7, 11) is 0. The summed E-state index contributed by atoms with van der Waals surface area (Å²) in [6.45, 7) is 5.76. The van der Waals surface area contributed by atoms with E-state index in [4.69, 9.17) is 14.2 Å². The molecule has 1 amide bonds. The lowest BCUT2D eigenvalue weighted by atomic mass is 10.0. The second-order valence-electron chi connectivity index (χ2n) is 7.89. The van der Waals surface area contributed by atoms with Gasteiger partial charge in [-0.2, -0.15) is 0 Å². The molecule has 0 bridgehead atoms. The largest absolute Gasteiger partial charge is 0.463 e. The first kappa shape index (κ1) is 27.6. The molecule has 0 aliphatic heterocycles. The van der Waals surface area contributed by atoms with Crippen molar-refractivity contribution in [2.24, 2.45) is 0 Å². The Kier molecular flexibility index (Phi) is 12.1. The van der Waals surface area contributed by atoms with E-state index in [1.807, 2.05) is 12.1 Å². The van der Waals surface area contributed by atoms with Crippen molar-refractivity contribution in [2.75, 3.05) is 18.5 Å². The first-order chi connectivity index (χ1) is 17.0. The summed E-state index contributed by atoms with van der Waals surface area (Å²) < 4.78 is 15.5. The molecule has 7 heteroatoms. The zero-order valence-electron chi connectivity index (χ0n) is 20.8. The van der Waals surface area contributed by atoms with Crippen molar-refractivity contribution >= 4 is 23.5 Å². The molecule has 0 saturated heterocycles. The number of carbonyl (C=O) groups is 3. The molecule has 0 heterocycles. The van der Waals surface area contributed by atoms with Crippen LogP contribution in [0.15, 0.2) is 60.4 Å². The maximum Gasteiger partial charge on any atom is 0.374 e. The molecule has 2 aromatic carbocycles. The lowest BCUT2D eigenvalue weighted by molar-refractivity contribution is -0.143. The van der Waals surface area contributed by atoms with E-state index in [2.05, 4.69) is 12.2 Å². The number of aryl methyl sites for hydroxylation is 1. The van der Waals surface area contributed by atoms with E-state index in [1.165, 1.54) is 31.2 Å². The van der Waals surface area contributed by atoms with Crippen molar-refractivity contribution in [2.45, 2.75) is 59.3 Å². The van der Waals surface area contributed by atoms with Gasteiger partial charge in [-0.3, -0.25) is 4.79 Å². The molecule has 1 N–H and O–H groups in total. The average Bonchev–Trinajstić information content (AvgIpc) is 2.85. The Labute approximate surface area is 207 Å². The molecule has 0 atom stereocenters. The molecule has 0 radical (unpaired) electrons. The highest BCUT2D eigenvalue weighted by Crippen LogP contribution is 2.27. The van der Waals surface area contributed by atoms with E-state index in [9.17, 15) is 14.4 Å². The summed E-state index contributed by atoms with van der Waals surface area (Å²) in [5.74, 6) is -2.01. The predicted molar refractivity (Wildman–Crippen MR) is 135 cm³/mol. The number of amides is 1. The zero-order valence-corrected chi connectivity index (χ0v) is 20.8. The van der Waals surface area contributed by atoms with E-state index in [-0.39, 0.29) is 30.6 Å². The summed E-state index contributed by atoms with van der Waals surface area (Å²) >= 11 is 0. The van der Waals surface area contributed by atoms with Crippen molar-refractivity contribution in [1.29, 1.82) is 0 Å². The molecule has 7 nitrogen and oxygen atoms in total. The van der Waals surface area contributed by atoms with Gasteiger partial charge in [0.1, 0.15) is 0 Å². The molecule has 188 valence electrons. The highest BCUT2D eigenvalue weighted by atomic mass is 16.6. The first-order valence-corrected chi connectivity index (χ1v) is 12.2. The number of nitrogens with one attached hydrogen (secondary N) is 1. The van der Waals surface area contributed by atoms with Crippen molar-refractivity contribution in [1.82, 2.24) is 0 Å². The van der Waals surface area contributed by atoms with Crippen molar-refractivity contribution in [3.8, 4) is 5.75 Å². The molecule has 0 aromatic heterocycles. The van der Waals surface area contributed by atoms with Crippen LogP contribution in [0.4, 0.5) is 5.69 Å². The Balaban J connectivity index is 2.09. The lowest BCUT2D eigenvalue weighted by Crippen LogP contribution is -2.17. The topological polar surface area (TPSA) is 90.9 Å². The van der Waals surface area contributed by atoms with Crippen LogP contribution in [-0.4, -0.2) is 31.1 Å². The summed E-state index contributed by atoms with van der Waals surface area (Å²) in [5.41, 5.74) is 2.05. The minimum absolute atomic E-state index is 0.107. The predicted octanol–water partition coefficient (Wildman–Crippen LogP) is 5.84. The minimum atomic E-state index is -0.813. The van der Waals surface area contributed by atoms with Gasteiger partial charge in [-0.1, -0.05) is 56.9 Å². The van der Waals surface area contributed by atoms with Gasteiger partial charge in [0.05, 0.1) is 25.0 Å². The monoisotopic (exact) mass is 481 g/mol. The Morgan fingerprint density at radius 2 is 1.51 bits per heavy atom. The lowest BCUT2D eigenvalue weighted by Gasteiger charge is -2.14. The maximum atomic E-state index is 12.8. The highest BCUT2D eigenvalue weighted by Gasteiger charge is 2.19. The molecular weight excluding hydrogens is 446 g/mol. The van der Waals surface area contributed by atoms with E-state index < -0.39 is 11.9 Å². The number of hydrogen-bond acceptors (Lipinski definition) is 6. The third-order valence-corrected chi connectivity index (χ3v) is 5.15. The van der Waals surface area contributed by atoms with Gasteiger partial charge in [0.2, 0.25) is 5.76 Å². The summed E-state index contributed by atoms with van der Waals surface area (Å²) in [6, 6.07) is 14.2. The quantitative estimate of drug-likeness (QED) is 0.158. The highest BCUT2D eigenvalue weighted by molar-refractivity contribution is 6.05. The van der Waals surface area contributed by atoms with Crippen molar-refractivity contribution in [3.05, 3.63) is 71.5 Å². The number of esters is 2. The SMILES string of the molecule is CCCCCCCc1ccc(C(=O)Nc2ccccc2O/C(=C\C(=O)OCC)C(=O)OCC)cc1. The van der Waals surface area contributed by atoms with E-state index >= 15 is 0 Å². The maximum absolute atomic E-state index is 12.8. The molecule has 0 aliphatic rings. The summed E-state index contributed by atoms with van der Waals surface area (Å²) in [4.78, 5) is 37.0. The van der Waals surface area contributed by atoms with Gasteiger partial charge in [-0.25, -0.2) is 9.59 Å². The number of para-hydroxylation sites is 2. The average molecular weight is 482 g/mol. The Morgan fingerprint density at radius 3 is 2.20 bits per heavy atom. The van der Waals surface area contributed by atoms with Crippen LogP contribution in [0.5, 0.6) is 5.75 Å². The molecular formula is C28H35NO6. The molecule has 35 heavy (non-hydrogen) atoms. The fraction of sp³-hybridized carbons (Fsp3) is 0.393. The van der Waals surface area contributed by atoms with Crippen LogP contribution < -0.4 is 10.1 Å². The van der Waals surface area contributed by atoms with Crippen LogP contribution in [0.2, 0.25) is 0 Å². The van der Waals surface area contributed by atoms with Crippen LogP contribution in [-0.2, 0) is 25.5 Å². The van der Waals surface area contributed by atoms with Gasteiger partial charge in [0.25, 0.3) is 5.91 Å². The number of rotatable bonds is 14. The molecule has 0 aliphatic carbocycles. The normalized spacial score (nSPS) is 11.0. The first-order valence-electron chi connectivity index (χ1n) is 12.2. The number of benzene rings is 2. The third kappa shape index (κ3) is 9.65. The Bertz CT molecular complexity index is 997. The van der Waals surface area contributed by atoms with Gasteiger partial charge >= 0.3 is 11.9 Å². The molecule has 2 rings (SSSR count). The second kappa shape index (κ2) is 15.3. The Morgan fingerprint density at radius 1 is 0.829 bits per heavy atom. The van der Waals surface area contributed by atoms with Crippen LogP contribution in [0.1, 0.15) is 68.8 Å². The molecule has 2 aromatic rings. The Hall–Kier alpha value is -3.61. The minimum Gasteiger partial charge on any atom is -0.463 e. The molecule has 0 saturated carbocycles. The van der Waals surface area contributed by atoms with Crippen LogP contribution in [0.3, 0.4) is 0 Å².